The summed E-state index contributed by atoms with van der Waals surface area (Å²) in [6.45, 7) is 0. The van der Waals surface area contributed by atoms with Crippen LogP contribution >= 0.6 is 0 Å². The van der Waals surface area contributed by atoms with Gasteiger partial charge in [-0.15, -0.1) is 10.2 Å². The predicted molar refractivity (Wildman–Crippen MR) is 137 cm³/mol. The maximum atomic E-state index is 12.4. The van der Waals surface area contributed by atoms with Crippen molar-refractivity contribution in [1.82, 2.24) is 19.7 Å². The summed E-state index contributed by atoms with van der Waals surface area (Å²) in [5.74, 6) is 2.49. The quantitative estimate of drug-likeness (QED) is 0.299. The Morgan fingerprint density at radius 3 is 2.43 bits per heavy atom. The molecule has 0 atom stereocenters. The molecule has 0 bridgehead atoms. The lowest BCUT2D eigenvalue weighted by Crippen LogP contribution is -2.02. The van der Waals surface area contributed by atoms with Gasteiger partial charge in [-0.3, -0.25) is 9.36 Å². The molecule has 1 N–H and O–H groups in total. The van der Waals surface area contributed by atoms with Crippen molar-refractivity contribution in [3.63, 3.8) is 0 Å². The van der Waals surface area contributed by atoms with Crippen LogP contribution in [0.4, 0.5) is 11.5 Å². The molecule has 3 heterocycles. The van der Waals surface area contributed by atoms with Crippen LogP contribution in [0.1, 0.15) is 28.8 Å². The second-order valence-corrected chi connectivity index (χ2v) is 8.56. The molecular weight excluding hydrogens is 434 g/mol. The van der Waals surface area contributed by atoms with Crippen molar-refractivity contribution >= 4 is 17.3 Å². The van der Waals surface area contributed by atoms with E-state index in [1.807, 2.05) is 66.7 Å². The average Bonchev–Trinajstić information content (AvgIpc) is 3.29. The van der Waals surface area contributed by atoms with Gasteiger partial charge in [0.2, 0.25) is 0 Å². The van der Waals surface area contributed by atoms with Crippen molar-refractivity contribution in [2.45, 2.75) is 19.3 Å². The number of para-hydroxylation sites is 1. The minimum atomic E-state index is 0.189. The fourth-order valence-corrected chi connectivity index (χ4v) is 4.50. The number of rotatable bonds is 6. The molecule has 0 radical (unpaired) electrons. The Kier molecular flexibility index (Phi) is 5.39. The first-order chi connectivity index (χ1) is 17.3. The summed E-state index contributed by atoms with van der Waals surface area (Å²) < 4.78 is 2.06. The normalized spacial score (nSPS) is 11.5. The number of nitrogens with zero attached hydrogens (tertiary/aromatic N) is 4. The van der Waals surface area contributed by atoms with Gasteiger partial charge in [-0.25, -0.2) is 4.98 Å². The van der Waals surface area contributed by atoms with E-state index in [2.05, 4.69) is 49.3 Å². The molecular formula is C29H23N5O. The molecule has 6 nitrogen and oxygen atoms in total. The number of nitrogens with one attached hydrogen (secondary N) is 1. The fourth-order valence-electron chi connectivity index (χ4n) is 4.50. The highest BCUT2D eigenvalue weighted by Gasteiger charge is 2.24. The number of aryl methyl sites for hydroxylation is 1. The van der Waals surface area contributed by atoms with E-state index in [1.54, 1.807) is 6.20 Å². The van der Waals surface area contributed by atoms with E-state index in [-0.39, 0.29) is 5.78 Å². The molecule has 0 amide bonds. The Balaban J connectivity index is 1.27. The molecule has 0 saturated carbocycles. The summed E-state index contributed by atoms with van der Waals surface area (Å²) in [7, 11) is 0. The van der Waals surface area contributed by atoms with Crippen molar-refractivity contribution in [3.8, 4) is 28.5 Å². The minimum Gasteiger partial charge on any atom is -0.338 e. The van der Waals surface area contributed by atoms with Crippen LogP contribution in [0.3, 0.4) is 0 Å². The zero-order valence-electron chi connectivity index (χ0n) is 19.1. The third-order valence-electron chi connectivity index (χ3n) is 6.29. The summed E-state index contributed by atoms with van der Waals surface area (Å²) in [4.78, 5) is 16.9. The van der Waals surface area contributed by atoms with Gasteiger partial charge in [0.1, 0.15) is 0 Å². The minimum absolute atomic E-state index is 0.189. The molecule has 0 unspecified atom stereocenters. The van der Waals surface area contributed by atoms with E-state index in [0.717, 1.165) is 58.4 Å². The second-order valence-electron chi connectivity index (χ2n) is 8.56. The zero-order valence-corrected chi connectivity index (χ0v) is 19.1. The van der Waals surface area contributed by atoms with Gasteiger partial charge in [0.15, 0.2) is 23.2 Å². The van der Waals surface area contributed by atoms with Gasteiger partial charge in [0, 0.05) is 29.3 Å². The molecule has 3 aromatic carbocycles. The van der Waals surface area contributed by atoms with Crippen LogP contribution < -0.4 is 5.32 Å². The lowest BCUT2D eigenvalue weighted by atomic mass is 10.0. The molecule has 0 fully saturated rings. The first-order valence-electron chi connectivity index (χ1n) is 11.7. The monoisotopic (exact) mass is 457 g/mol. The molecule has 170 valence electrons. The van der Waals surface area contributed by atoms with Crippen molar-refractivity contribution < 1.29 is 4.79 Å². The molecule has 1 aliphatic heterocycles. The molecule has 6 rings (SSSR count). The van der Waals surface area contributed by atoms with E-state index in [4.69, 9.17) is 0 Å². The fraction of sp³-hybridized carbons (Fsp3) is 0.103. The molecule has 0 spiro atoms. The van der Waals surface area contributed by atoms with Crippen LogP contribution in [0, 0.1) is 0 Å². The number of ketones is 1. The van der Waals surface area contributed by atoms with E-state index in [9.17, 15) is 4.79 Å². The van der Waals surface area contributed by atoms with Gasteiger partial charge in [-0.05, 0) is 42.7 Å². The van der Waals surface area contributed by atoms with E-state index in [1.165, 1.54) is 5.56 Å². The van der Waals surface area contributed by atoms with Gasteiger partial charge in [0.05, 0.1) is 11.4 Å². The van der Waals surface area contributed by atoms with E-state index in [0.29, 0.717) is 6.42 Å². The van der Waals surface area contributed by atoms with Crippen molar-refractivity contribution in [2.24, 2.45) is 0 Å². The maximum absolute atomic E-state index is 12.4. The smallest absolute Gasteiger partial charge is 0.171 e. The average molecular weight is 458 g/mol. The topological polar surface area (TPSA) is 72.7 Å². The second kappa shape index (κ2) is 8.99. The Morgan fingerprint density at radius 2 is 1.57 bits per heavy atom. The molecule has 5 aromatic rings. The van der Waals surface area contributed by atoms with Gasteiger partial charge in [-0.1, -0.05) is 66.7 Å². The SMILES string of the molecule is O=C(CCCc1ccc(-c2nnc3n2-c2cccnc2Nc2ccccc2-3)cc1)c1ccccc1. The zero-order chi connectivity index (χ0) is 23.6. The standard InChI is InChI=1S/C29H23N5O/c35-26(21-9-2-1-3-10-21)14-6-8-20-15-17-22(18-16-20)28-32-33-29-23-11-4-5-12-24(23)31-27-25(34(28)29)13-7-19-30-27/h1-5,7,9-13,15-19H,6,8,14H2,(H,30,31). The van der Waals surface area contributed by atoms with Crippen LogP contribution in [-0.4, -0.2) is 25.5 Å². The van der Waals surface area contributed by atoms with E-state index < -0.39 is 0 Å². The lowest BCUT2D eigenvalue weighted by molar-refractivity contribution is 0.0980. The molecule has 1 aliphatic rings. The third-order valence-corrected chi connectivity index (χ3v) is 6.29. The summed E-state index contributed by atoms with van der Waals surface area (Å²) >= 11 is 0. The van der Waals surface area contributed by atoms with Crippen LogP contribution in [0.15, 0.2) is 97.2 Å². The number of benzene rings is 3. The summed E-state index contributed by atoms with van der Waals surface area (Å²) in [6.07, 6.45) is 3.98. The lowest BCUT2D eigenvalue weighted by Gasteiger charge is -2.11. The Hall–Kier alpha value is -4.58. The van der Waals surface area contributed by atoms with Gasteiger partial charge >= 0.3 is 0 Å². The number of aromatic nitrogens is 4. The molecule has 0 aliphatic carbocycles. The Morgan fingerprint density at radius 1 is 0.800 bits per heavy atom. The first-order valence-corrected chi connectivity index (χ1v) is 11.7. The van der Waals surface area contributed by atoms with Crippen LogP contribution in [0.25, 0.3) is 28.5 Å². The number of hydrogen-bond donors (Lipinski definition) is 1. The number of Topliss-reactive ketones (excluding diaryl/α,β-unsaturated/α-hetero) is 1. The number of carbonyl (C=O) groups is 1. The molecule has 2 aromatic heterocycles. The third kappa shape index (κ3) is 3.99. The summed E-state index contributed by atoms with van der Waals surface area (Å²) in [5, 5.41) is 12.6. The molecule has 0 saturated heterocycles. The van der Waals surface area contributed by atoms with Gasteiger partial charge < -0.3 is 5.32 Å². The van der Waals surface area contributed by atoms with Gasteiger partial charge in [0.25, 0.3) is 0 Å². The van der Waals surface area contributed by atoms with Crippen molar-refractivity contribution in [1.29, 1.82) is 0 Å². The molecule has 35 heavy (non-hydrogen) atoms. The van der Waals surface area contributed by atoms with E-state index >= 15 is 0 Å². The van der Waals surface area contributed by atoms with Crippen LogP contribution in [0.2, 0.25) is 0 Å². The van der Waals surface area contributed by atoms with Crippen LogP contribution in [-0.2, 0) is 6.42 Å². The first kappa shape index (κ1) is 21.0. The maximum Gasteiger partial charge on any atom is 0.171 e. The molecule has 6 heteroatoms. The van der Waals surface area contributed by atoms with Gasteiger partial charge in [-0.2, -0.15) is 0 Å². The number of pyridine rings is 1. The Bertz CT molecular complexity index is 1510. The van der Waals surface area contributed by atoms with Crippen molar-refractivity contribution in [2.75, 3.05) is 5.32 Å². The van der Waals surface area contributed by atoms with Crippen LogP contribution in [0.5, 0.6) is 0 Å². The number of hydrogen-bond acceptors (Lipinski definition) is 5. The summed E-state index contributed by atoms with van der Waals surface area (Å²) in [5.41, 5.74) is 5.78. The number of fused-ring (bicyclic) bond motifs is 5. The highest BCUT2D eigenvalue weighted by atomic mass is 16.1. The predicted octanol–water partition coefficient (Wildman–Crippen LogP) is 6.26. The largest absolute Gasteiger partial charge is 0.338 e. The highest BCUT2D eigenvalue weighted by Crippen LogP contribution is 2.38. The number of anilines is 2. The summed E-state index contributed by atoms with van der Waals surface area (Å²) in [6, 6.07) is 29.9. The Labute approximate surface area is 203 Å². The van der Waals surface area contributed by atoms with Crippen molar-refractivity contribution in [3.05, 3.63) is 108 Å². The highest BCUT2D eigenvalue weighted by molar-refractivity contribution is 5.96. The number of carbonyl (C=O) groups excluding carboxylic acids is 1.